The van der Waals surface area contributed by atoms with E-state index in [0.717, 1.165) is 13.1 Å². The summed E-state index contributed by atoms with van der Waals surface area (Å²) >= 11 is 0. The summed E-state index contributed by atoms with van der Waals surface area (Å²) in [6.07, 6.45) is 4.44. The van der Waals surface area contributed by atoms with Crippen LogP contribution in [0.5, 0.6) is 0 Å². The maximum atomic E-state index is 2.42. The van der Waals surface area contributed by atoms with Gasteiger partial charge in [0.05, 0.1) is 0 Å². The lowest BCUT2D eigenvalue weighted by molar-refractivity contribution is 0.874. The number of hydrogen-bond donors (Lipinski definition) is 0. The van der Waals surface area contributed by atoms with Crippen molar-refractivity contribution in [2.75, 3.05) is 11.4 Å². The standard InChI is InChI=1S/C26H23N/c1-3-11-22(12-4-1)13-10-20-27(25-17-5-2-6-18-25)21-24-16-9-15-23-14-7-8-19-26(23)24/h1-19H,20-21H2/b13-10+. The molecule has 4 rings (SSSR count). The van der Waals surface area contributed by atoms with Gasteiger partial charge in [-0.15, -0.1) is 0 Å². The summed E-state index contributed by atoms with van der Waals surface area (Å²) in [7, 11) is 0. The van der Waals surface area contributed by atoms with E-state index in [1.54, 1.807) is 0 Å². The lowest BCUT2D eigenvalue weighted by Gasteiger charge is -2.24. The highest BCUT2D eigenvalue weighted by atomic mass is 15.1. The summed E-state index contributed by atoms with van der Waals surface area (Å²) in [5, 5.41) is 2.62. The average molecular weight is 349 g/mol. The number of nitrogens with zero attached hydrogens (tertiary/aromatic N) is 1. The molecule has 0 saturated heterocycles. The van der Waals surface area contributed by atoms with Gasteiger partial charge in [-0.1, -0.05) is 103 Å². The molecule has 4 aromatic carbocycles. The van der Waals surface area contributed by atoms with Crippen LogP contribution in [0.1, 0.15) is 11.1 Å². The first-order chi connectivity index (χ1) is 13.4. The zero-order valence-electron chi connectivity index (χ0n) is 15.3. The normalized spacial score (nSPS) is 11.1. The Kier molecular flexibility index (Phi) is 5.31. The van der Waals surface area contributed by atoms with E-state index in [1.165, 1.54) is 27.6 Å². The second-order valence-corrected chi connectivity index (χ2v) is 6.67. The van der Waals surface area contributed by atoms with E-state index in [9.17, 15) is 0 Å². The van der Waals surface area contributed by atoms with Crippen LogP contribution in [0.4, 0.5) is 5.69 Å². The fraction of sp³-hybridized carbons (Fsp3) is 0.0769. The maximum Gasteiger partial charge on any atom is 0.0439 e. The van der Waals surface area contributed by atoms with E-state index in [4.69, 9.17) is 0 Å². The molecule has 4 aromatic rings. The summed E-state index contributed by atoms with van der Waals surface area (Å²) in [5.74, 6) is 0. The van der Waals surface area contributed by atoms with E-state index in [2.05, 4.69) is 114 Å². The molecule has 0 unspecified atom stereocenters. The van der Waals surface area contributed by atoms with Crippen molar-refractivity contribution in [2.24, 2.45) is 0 Å². The van der Waals surface area contributed by atoms with Gasteiger partial charge in [0.15, 0.2) is 0 Å². The Hall–Kier alpha value is -3.32. The minimum absolute atomic E-state index is 0.863. The minimum atomic E-state index is 0.863. The first-order valence-electron chi connectivity index (χ1n) is 9.38. The molecule has 132 valence electrons. The molecule has 0 saturated carbocycles. The second kappa shape index (κ2) is 8.37. The quantitative estimate of drug-likeness (QED) is 0.381. The van der Waals surface area contributed by atoms with Crippen molar-refractivity contribution in [3.63, 3.8) is 0 Å². The highest BCUT2D eigenvalue weighted by Gasteiger charge is 2.08. The molecule has 0 aliphatic carbocycles. The van der Waals surface area contributed by atoms with E-state index >= 15 is 0 Å². The average Bonchev–Trinajstić information content (AvgIpc) is 2.74. The van der Waals surface area contributed by atoms with Gasteiger partial charge in [-0.3, -0.25) is 0 Å². The van der Waals surface area contributed by atoms with Crippen LogP contribution in [0.2, 0.25) is 0 Å². The summed E-state index contributed by atoms with van der Waals surface area (Å²) in [5.41, 5.74) is 3.82. The topological polar surface area (TPSA) is 3.24 Å². The van der Waals surface area contributed by atoms with Crippen molar-refractivity contribution >= 4 is 22.5 Å². The van der Waals surface area contributed by atoms with Gasteiger partial charge in [0.1, 0.15) is 0 Å². The molecule has 1 heteroatoms. The van der Waals surface area contributed by atoms with Gasteiger partial charge in [-0.05, 0) is 34.0 Å². The third kappa shape index (κ3) is 4.27. The Morgan fingerprint density at radius 1 is 0.630 bits per heavy atom. The van der Waals surface area contributed by atoms with Crippen LogP contribution in [0.25, 0.3) is 16.8 Å². The van der Waals surface area contributed by atoms with E-state index in [-0.39, 0.29) is 0 Å². The monoisotopic (exact) mass is 349 g/mol. The van der Waals surface area contributed by atoms with Crippen molar-refractivity contribution in [1.82, 2.24) is 0 Å². The van der Waals surface area contributed by atoms with Crippen LogP contribution in [-0.4, -0.2) is 6.54 Å². The molecule has 0 aromatic heterocycles. The zero-order valence-corrected chi connectivity index (χ0v) is 15.3. The summed E-state index contributed by atoms with van der Waals surface area (Å²) in [4.78, 5) is 2.42. The third-order valence-electron chi connectivity index (χ3n) is 4.80. The molecule has 27 heavy (non-hydrogen) atoms. The van der Waals surface area contributed by atoms with Gasteiger partial charge in [0.2, 0.25) is 0 Å². The largest absolute Gasteiger partial charge is 0.363 e. The number of hydrogen-bond acceptors (Lipinski definition) is 1. The van der Waals surface area contributed by atoms with Gasteiger partial charge in [-0.2, -0.15) is 0 Å². The Morgan fingerprint density at radius 3 is 2.11 bits per heavy atom. The first-order valence-corrected chi connectivity index (χ1v) is 9.38. The maximum absolute atomic E-state index is 2.42. The Morgan fingerprint density at radius 2 is 1.30 bits per heavy atom. The van der Waals surface area contributed by atoms with Crippen molar-refractivity contribution in [1.29, 1.82) is 0 Å². The Labute approximate surface area is 161 Å². The number of para-hydroxylation sites is 1. The summed E-state index contributed by atoms with van der Waals surface area (Å²) < 4.78 is 0. The predicted octanol–water partition coefficient (Wildman–Crippen LogP) is 6.56. The molecule has 0 amide bonds. The smallest absolute Gasteiger partial charge is 0.0439 e. The number of benzene rings is 4. The van der Waals surface area contributed by atoms with Gasteiger partial charge in [0, 0.05) is 18.8 Å². The van der Waals surface area contributed by atoms with Gasteiger partial charge in [-0.25, -0.2) is 0 Å². The van der Waals surface area contributed by atoms with E-state index in [1.807, 2.05) is 6.07 Å². The molecular formula is C26H23N. The van der Waals surface area contributed by atoms with Crippen LogP contribution in [0.3, 0.4) is 0 Å². The van der Waals surface area contributed by atoms with Crippen molar-refractivity contribution in [3.8, 4) is 0 Å². The fourth-order valence-corrected chi connectivity index (χ4v) is 3.42. The van der Waals surface area contributed by atoms with Gasteiger partial charge >= 0.3 is 0 Å². The lowest BCUT2D eigenvalue weighted by atomic mass is 10.0. The van der Waals surface area contributed by atoms with Crippen LogP contribution in [0, 0.1) is 0 Å². The predicted molar refractivity (Wildman–Crippen MR) is 117 cm³/mol. The molecule has 0 radical (unpaired) electrons. The molecule has 0 fully saturated rings. The first kappa shape index (κ1) is 17.1. The van der Waals surface area contributed by atoms with Gasteiger partial charge in [0.25, 0.3) is 0 Å². The molecule has 1 nitrogen and oxygen atoms in total. The van der Waals surface area contributed by atoms with Crippen LogP contribution >= 0.6 is 0 Å². The van der Waals surface area contributed by atoms with Gasteiger partial charge < -0.3 is 4.90 Å². The van der Waals surface area contributed by atoms with Crippen LogP contribution in [-0.2, 0) is 6.54 Å². The number of rotatable bonds is 6. The molecule has 0 aliphatic heterocycles. The minimum Gasteiger partial charge on any atom is -0.363 e. The fourth-order valence-electron chi connectivity index (χ4n) is 3.42. The molecule has 0 heterocycles. The van der Waals surface area contributed by atoms with Crippen LogP contribution < -0.4 is 4.90 Å². The zero-order chi connectivity index (χ0) is 18.3. The lowest BCUT2D eigenvalue weighted by Crippen LogP contribution is -2.22. The number of anilines is 1. The third-order valence-corrected chi connectivity index (χ3v) is 4.80. The molecular weight excluding hydrogens is 326 g/mol. The summed E-state index contributed by atoms with van der Waals surface area (Å²) in [6.45, 7) is 1.74. The summed E-state index contributed by atoms with van der Waals surface area (Å²) in [6, 6.07) is 36.3. The Balaban J connectivity index is 1.61. The highest BCUT2D eigenvalue weighted by Crippen LogP contribution is 2.23. The van der Waals surface area contributed by atoms with E-state index in [0.29, 0.717) is 0 Å². The second-order valence-electron chi connectivity index (χ2n) is 6.67. The van der Waals surface area contributed by atoms with Crippen LogP contribution in [0.15, 0.2) is 109 Å². The molecule has 0 aliphatic rings. The Bertz CT molecular complexity index is 1010. The molecule has 0 spiro atoms. The molecule has 0 atom stereocenters. The van der Waals surface area contributed by atoms with E-state index < -0.39 is 0 Å². The van der Waals surface area contributed by atoms with Crippen molar-refractivity contribution < 1.29 is 0 Å². The van der Waals surface area contributed by atoms with Crippen molar-refractivity contribution in [2.45, 2.75) is 6.54 Å². The SMILES string of the molecule is C(=C\c1ccccc1)/CN(Cc1cccc2ccccc12)c1ccccc1. The molecule has 0 N–H and O–H groups in total. The number of fused-ring (bicyclic) bond motifs is 1. The highest BCUT2D eigenvalue weighted by molar-refractivity contribution is 5.85. The van der Waals surface area contributed by atoms with Crippen molar-refractivity contribution in [3.05, 3.63) is 120 Å². The molecule has 0 bridgehead atoms.